The van der Waals surface area contributed by atoms with Gasteiger partial charge in [0.05, 0.1) is 23.2 Å². The largest absolute Gasteiger partial charge is 0.443 e. The molecule has 2 N–H and O–H groups in total. The molecule has 0 saturated heterocycles. The lowest BCUT2D eigenvalue weighted by Crippen LogP contribution is -2.41. The highest BCUT2D eigenvalue weighted by Crippen LogP contribution is 2.22. The Morgan fingerprint density at radius 1 is 1.21 bits per heavy atom. The van der Waals surface area contributed by atoms with E-state index in [0.717, 1.165) is 5.76 Å². The predicted molar refractivity (Wildman–Crippen MR) is 96.9 cm³/mol. The van der Waals surface area contributed by atoms with Crippen molar-refractivity contribution in [3.8, 4) is 0 Å². The van der Waals surface area contributed by atoms with Crippen LogP contribution in [-0.2, 0) is 21.8 Å². The topological polar surface area (TPSA) is 96.6 Å². The molecule has 0 aliphatic heterocycles. The van der Waals surface area contributed by atoms with Crippen molar-refractivity contribution < 1.29 is 12.8 Å². The van der Waals surface area contributed by atoms with E-state index in [4.69, 9.17) is 4.42 Å². The first-order valence-corrected chi connectivity index (χ1v) is 9.64. The molecule has 0 aromatic carbocycles. The molecule has 0 amide bonds. The molecule has 0 saturated carbocycles. The number of nitrogens with zero attached hydrogens (tertiary/aromatic N) is 2. The van der Waals surface area contributed by atoms with Crippen molar-refractivity contribution in [1.82, 2.24) is 15.6 Å². The van der Waals surface area contributed by atoms with Crippen LogP contribution in [0.2, 0.25) is 0 Å². The highest BCUT2D eigenvalue weighted by atomic mass is 32.2. The SMILES string of the molecule is CN=C(NCCS(=O)(=O)C(C)(C)C)NCc1ncc(C(C)(C)C)o1. The van der Waals surface area contributed by atoms with Gasteiger partial charge in [0.1, 0.15) is 5.76 Å². The fourth-order valence-electron chi connectivity index (χ4n) is 1.73. The summed E-state index contributed by atoms with van der Waals surface area (Å²) in [6.45, 7) is 11.9. The van der Waals surface area contributed by atoms with Crippen molar-refractivity contribution in [1.29, 1.82) is 0 Å². The van der Waals surface area contributed by atoms with Crippen LogP contribution >= 0.6 is 0 Å². The van der Waals surface area contributed by atoms with Gasteiger partial charge in [0.2, 0.25) is 5.89 Å². The molecule has 0 atom stereocenters. The van der Waals surface area contributed by atoms with Crippen LogP contribution in [0.25, 0.3) is 0 Å². The van der Waals surface area contributed by atoms with Gasteiger partial charge in [-0.15, -0.1) is 0 Å². The van der Waals surface area contributed by atoms with Crippen LogP contribution in [-0.4, -0.2) is 43.5 Å². The smallest absolute Gasteiger partial charge is 0.213 e. The fraction of sp³-hybridized carbons (Fsp3) is 0.750. The third kappa shape index (κ3) is 5.81. The summed E-state index contributed by atoms with van der Waals surface area (Å²) in [4.78, 5) is 8.30. The molecule has 8 heteroatoms. The predicted octanol–water partition coefficient (Wildman–Crippen LogP) is 1.85. The first-order chi connectivity index (χ1) is 10.9. The lowest BCUT2D eigenvalue weighted by atomic mass is 9.94. The van der Waals surface area contributed by atoms with E-state index in [0.29, 0.717) is 18.4 Å². The Balaban J connectivity index is 2.51. The number of nitrogens with one attached hydrogen (secondary N) is 2. The number of guanidine groups is 1. The van der Waals surface area contributed by atoms with Gasteiger partial charge < -0.3 is 15.1 Å². The van der Waals surface area contributed by atoms with Gasteiger partial charge in [0.25, 0.3) is 0 Å². The third-order valence-corrected chi connectivity index (χ3v) is 6.13. The summed E-state index contributed by atoms with van der Waals surface area (Å²) in [6, 6.07) is 0. The van der Waals surface area contributed by atoms with Crippen molar-refractivity contribution in [3.63, 3.8) is 0 Å². The van der Waals surface area contributed by atoms with Crippen LogP contribution in [0, 0.1) is 0 Å². The molecule has 0 radical (unpaired) electrons. The minimum atomic E-state index is -3.16. The summed E-state index contributed by atoms with van der Waals surface area (Å²) in [5.74, 6) is 1.93. The van der Waals surface area contributed by atoms with Gasteiger partial charge in [-0.05, 0) is 20.8 Å². The normalized spacial score (nSPS) is 13.9. The fourth-order valence-corrected chi connectivity index (χ4v) is 2.71. The third-order valence-electron chi connectivity index (χ3n) is 3.52. The molecule has 7 nitrogen and oxygen atoms in total. The van der Waals surface area contributed by atoms with Crippen LogP contribution in [0.3, 0.4) is 0 Å². The van der Waals surface area contributed by atoms with E-state index >= 15 is 0 Å². The van der Waals surface area contributed by atoms with Gasteiger partial charge in [-0.25, -0.2) is 13.4 Å². The average Bonchev–Trinajstić information content (AvgIpc) is 2.90. The molecule has 24 heavy (non-hydrogen) atoms. The average molecular weight is 359 g/mol. The monoisotopic (exact) mass is 358 g/mol. The van der Waals surface area contributed by atoms with Crippen molar-refractivity contribution in [2.75, 3.05) is 19.3 Å². The molecule has 0 spiro atoms. The Morgan fingerprint density at radius 2 is 1.83 bits per heavy atom. The van der Waals surface area contributed by atoms with Crippen molar-refractivity contribution in [3.05, 3.63) is 17.8 Å². The maximum absolute atomic E-state index is 12.1. The molecule has 1 heterocycles. The minimum absolute atomic E-state index is 0.0460. The van der Waals surface area contributed by atoms with E-state index < -0.39 is 14.6 Å². The molecule has 138 valence electrons. The van der Waals surface area contributed by atoms with E-state index in [2.05, 4.69) is 41.4 Å². The summed E-state index contributed by atoms with van der Waals surface area (Å²) in [7, 11) is -1.53. The second-order valence-corrected chi connectivity index (χ2v) is 10.5. The van der Waals surface area contributed by atoms with E-state index in [1.807, 2.05) is 0 Å². The summed E-state index contributed by atoms with van der Waals surface area (Å²) in [5, 5.41) is 6.06. The second kappa shape index (κ2) is 7.55. The number of rotatable bonds is 5. The number of hydrogen-bond acceptors (Lipinski definition) is 5. The molecule has 0 unspecified atom stereocenters. The first kappa shape index (κ1) is 20.5. The zero-order valence-electron chi connectivity index (χ0n) is 15.7. The van der Waals surface area contributed by atoms with Gasteiger partial charge in [0.15, 0.2) is 15.8 Å². The maximum atomic E-state index is 12.1. The highest BCUT2D eigenvalue weighted by molar-refractivity contribution is 7.92. The van der Waals surface area contributed by atoms with Gasteiger partial charge in [0, 0.05) is 19.0 Å². The number of aromatic nitrogens is 1. The summed E-state index contributed by atoms with van der Waals surface area (Å²) in [5.41, 5.74) is -0.0908. The van der Waals surface area contributed by atoms with E-state index in [-0.39, 0.29) is 17.7 Å². The van der Waals surface area contributed by atoms with E-state index in [1.165, 1.54) is 0 Å². The van der Waals surface area contributed by atoms with Crippen molar-refractivity contribution in [2.24, 2.45) is 4.99 Å². The van der Waals surface area contributed by atoms with Crippen LogP contribution in [0.5, 0.6) is 0 Å². The second-order valence-electron chi connectivity index (χ2n) is 7.65. The highest BCUT2D eigenvalue weighted by Gasteiger charge is 2.28. The van der Waals surface area contributed by atoms with Crippen LogP contribution in [0.4, 0.5) is 0 Å². The Labute approximate surface area is 145 Å². The number of hydrogen-bond donors (Lipinski definition) is 2. The summed E-state index contributed by atoms with van der Waals surface area (Å²) < 4.78 is 29.1. The standard InChI is InChI=1S/C16H30N4O3S/c1-15(2,3)12-10-19-13(23-12)11-20-14(17-7)18-8-9-24(21,22)16(4,5)6/h10H,8-9,11H2,1-7H3,(H2,17,18,20). The lowest BCUT2D eigenvalue weighted by molar-refractivity contribution is 0.379. The van der Waals surface area contributed by atoms with Crippen LogP contribution in [0.15, 0.2) is 15.6 Å². The van der Waals surface area contributed by atoms with Crippen LogP contribution in [0.1, 0.15) is 53.2 Å². The van der Waals surface area contributed by atoms with Gasteiger partial charge in [-0.3, -0.25) is 4.99 Å². The molecule has 1 aromatic rings. The zero-order valence-corrected chi connectivity index (χ0v) is 16.5. The Morgan fingerprint density at radius 3 is 2.29 bits per heavy atom. The number of aliphatic imine (C=N–C) groups is 1. The van der Waals surface area contributed by atoms with Gasteiger partial charge in [-0.2, -0.15) is 0 Å². The Kier molecular flexibility index (Phi) is 6.44. The zero-order chi connectivity index (χ0) is 18.6. The minimum Gasteiger partial charge on any atom is -0.443 e. The van der Waals surface area contributed by atoms with Gasteiger partial charge >= 0.3 is 0 Å². The summed E-state index contributed by atoms with van der Waals surface area (Å²) in [6.07, 6.45) is 1.73. The maximum Gasteiger partial charge on any atom is 0.213 e. The molecular weight excluding hydrogens is 328 g/mol. The molecule has 0 fully saturated rings. The molecule has 0 aliphatic carbocycles. The molecule has 1 aromatic heterocycles. The first-order valence-electron chi connectivity index (χ1n) is 7.99. The Hall–Kier alpha value is -1.57. The van der Waals surface area contributed by atoms with Crippen molar-refractivity contribution >= 4 is 15.8 Å². The Bertz CT molecular complexity index is 664. The van der Waals surface area contributed by atoms with E-state index in [1.54, 1.807) is 34.0 Å². The quantitative estimate of drug-likeness (QED) is 0.616. The van der Waals surface area contributed by atoms with Crippen LogP contribution < -0.4 is 10.6 Å². The molecular formula is C16H30N4O3S. The molecule has 0 aliphatic rings. The van der Waals surface area contributed by atoms with Gasteiger partial charge in [-0.1, -0.05) is 20.8 Å². The molecule has 1 rings (SSSR count). The number of oxazole rings is 1. The van der Waals surface area contributed by atoms with Crippen molar-refractivity contribution in [2.45, 2.75) is 58.2 Å². The lowest BCUT2D eigenvalue weighted by Gasteiger charge is -2.19. The van der Waals surface area contributed by atoms with E-state index in [9.17, 15) is 8.42 Å². The number of sulfone groups is 1. The molecule has 0 bridgehead atoms. The summed E-state index contributed by atoms with van der Waals surface area (Å²) >= 11 is 0.